The summed E-state index contributed by atoms with van der Waals surface area (Å²) in [5.41, 5.74) is 1.09. The lowest BCUT2D eigenvalue weighted by Crippen LogP contribution is -2.42. The topological polar surface area (TPSA) is 66.8 Å². The zero-order chi connectivity index (χ0) is 26.5. The quantitative estimate of drug-likeness (QED) is 0.536. The van der Waals surface area contributed by atoms with Crippen molar-refractivity contribution < 1.29 is 28.2 Å². The molecule has 36 heavy (non-hydrogen) atoms. The lowest BCUT2D eigenvalue weighted by atomic mass is 9.57. The standard InChI is InChI=1S/C26H35F2NO2.C2H6O.CH2O/c1-16-7-18-8-17(2)12-26(11-16,13-18)15-31-21-9-22(19-3-4-19)24(23(28)10-21)25(30)29-6-5-20(27)14-29;1-2-3;1-2/h9-10,16-20H,3-8,11-15H2,1-2H3;3H,2H2,1H3;1H2. The van der Waals surface area contributed by atoms with Crippen molar-refractivity contribution >= 4 is 12.7 Å². The Morgan fingerprint density at radius 1 is 1.14 bits per heavy atom. The number of hydrogen-bond acceptors (Lipinski definition) is 4. The fourth-order valence-corrected chi connectivity index (χ4v) is 7.01. The van der Waals surface area contributed by atoms with Crippen LogP contribution in [0.5, 0.6) is 5.75 Å². The molecule has 4 fully saturated rings. The molecule has 0 spiro atoms. The van der Waals surface area contributed by atoms with Crippen LogP contribution in [0.2, 0.25) is 0 Å². The van der Waals surface area contributed by atoms with E-state index in [0.29, 0.717) is 37.2 Å². The number of carbonyl (C=O) groups is 2. The maximum Gasteiger partial charge on any atom is 0.257 e. The third-order valence-electron chi connectivity index (χ3n) is 8.04. The van der Waals surface area contributed by atoms with Crippen molar-refractivity contribution in [2.24, 2.45) is 23.2 Å². The maximum atomic E-state index is 15.2. The molecule has 0 radical (unpaired) electrons. The summed E-state index contributed by atoms with van der Waals surface area (Å²) in [7, 11) is 0. The number of amides is 1. The maximum absolute atomic E-state index is 15.2. The van der Waals surface area contributed by atoms with Gasteiger partial charge in [0.2, 0.25) is 0 Å². The average molecular weight is 508 g/mol. The number of rotatable bonds is 5. The molecule has 5 nitrogen and oxygen atoms in total. The van der Waals surface area contributed by atoms with E-state index in [1.165, 1.54) is 43.1 Å². The molecule has 4 aliphatic rings. The molecule has 3 aliphatic carbocycles. The van der Waals surface area contributed by atoms with E-state index in [-0.39, 0.29) is 36.0 Å². The largest absolute Gasteiger partial charge is 0.493 e. The van der Waals surface area contributed by atoms with Gasteiger partial charge in [-0.25, -0.2) is 8.78 Å². The molecule has 0 aromatic heterocycles. The summed E-state index contributed by atoms with van der Waals surface area (Å²) in [5.74, 6) is 2.10. The van der Waals surface area contributed by atoms with E-state index in [0.717, 1.165) is 24.3 Å². The molecular formula is C29H43F2NO4. The predicted molar refractivity (Wildman–Crippen MR) is 137 cm³/mol. The first-order chi connectivity index (χ1) is 17.2. The van der Waals surface area contributed by atoms with Crippen molar-refractivity contribution in [2.75, 3.05) is 26.3 Å². The third kappa shape index (κ3) is 6.84. The summed E-state index contributed by atoms with van der Waals surface area (Å²) in [6.45, 7) is 9.69. The van der Waals surface area contributed by atoms with E-state index in [9.17, 15) is 9.18 Å². The minimum absolute atomic E-state index is 0.0701. The van der Waals surface area contributed by atoms with Crippen LogP contribution in [0, 0.1) is 29.0 Å². The van der Waals surface area contributed by atoms with Gasteiger partial charge in [0.25, 0.3) is 5.91 Å². The molecular weight excluding hydrogens is 464 g/mol. The van der Waals surface area contributed by atoms with Crippen molar-refractivity contribution in [3.8, 4) is 5.75 Å². The second-order valence-corrected chi connectivity index (χ2v) is 11.5. The molecule has 1 aromatic carbocycles. The van der Waals surface area contributed by atoms with E-state index < -0.39 is 12.0 Å². The Morgan fingerprint density at radius 3 is 2.28 bits per heavy atom. The Bertz CT molecular complexity index is 871. The molecule has 5 rings (SSSR count). The lowest BCUT2D eigenvalue weighted by molar-refractivity contribution is -0.0980. The number of carbonyl (C=O) groups excluding carboxylic acids is 2. The minimum Gasteiger partial charge on any atom is -0.493 e. The number of halogens is 2. The van der Waals surface area contributed by atoms with Crippen LogP contribution in [0.3, 0.4) is 0 Å². The van der Waals surface area contributed by atoms with Gasteiger partial charge >= 0.3 is 0 Å². The summed E-state index contributed by atoms with van der Waals surface area (Å²) >= 11 is 0. The second-order valence-electron chi connectivity index (χ2n) is 11.5. The van der Waals surface area contributed by atoms with Gasteiger partial charge in [-0.3, -0.25) is 4.79 Å². The van der Waals surface area contributed by atoms with Crippen LogP contribution < -0.4 is 4.74 Å². The van der Waals surface area contributed by atoms with Crippen molar-refractivity contribution in [3.63, 3.8) is 0 Å². The second kappa shape index (κ2) is 12.5. The highest BCUT2D eigenvalue weighted by Gasteiger charge is 2.45. The first-order valence-electron chi connectivity index (χ1n) is 13.5. The summed E-state index contributed by atoms with van der Waals surface area (Å²) in [4.78, 5) is 22.4. The normalized spacial score (nSPS) is 31.0. The van der Waals surface area contributed by atoms with Gasteiger partial charge in [0.1, 0.15) is 24.5 Å². The van der Waals surface area contributed by atoms with Crippen molar-refractivity contribution in [1.82, 2.24) is 4.90 Å². The van der Waals surface area contributed by atoms with E-state index in [2.05, 4.69) is 13.8 Å². The van der Waals surface area contributed by atoms with Gasteiger partial charge in [-0.2, -0.15) is 0 Å². The van der Waals surface area contributed by atoms with E-state index in [1.807, 2.05) is 12.9 Å². The fourth-order valence-electron chi connectivity index (χ4n) is 7.01. The monoisotopic (exact) mass is 507 g/mol. The van der Waals surface area contributed by atoms with Gasteiger partial charge in [-0.05, 0) is 93.6 Å². The van der Waals surface area contributed by atoms with Gasteiger partial charge in [0.15, 0.2) is 0 Å². The van der Waals surface area contributed by atoms with E-state index in [1.54, 1.807) is 6.92 Å². The Balaban J connectivity index is 0.000000674. The van der Waals surface area contributed by atoms with Gasteiger partial charge < -0.3 is 19.5 Å². The Hall–Kier alpha value is -2.02. The van der Waals surface area contributed by atoms with Crippen LogP contribution in [0.1, 0.15) is 94.0 Å². The number of benzene rings is 1. The highest BCUT2D eigenvalue weighted by atomic mass is 19.1. The van der Waals surface area contributed by atoms with Crippen LogP contribution >= 0.6 is 0 Å². The zero-order valence-corrected chi connectivity index (χ0v) is 22.1. The van der Waals surface area contributed by atoms with Gasteiger partial charge in [0.05, 0.1) is 18.7 Å². The van der Waals surface area contributed by atoms with Crippen molar-refractivity contribution in [2.45, 2.75) is 84.2 Å². The van der Waals surface area contributed by atoms with Crippen molar-refractivity contribution in [3.05, 3.63) is 29.1 Å². The molecule has 2 bridgehead atoms. The van der Waals surface area contributed by atoms with E-state index in [4.69, 9.17) is 14.6 Å². The summed E-state index contributed by atoms with van der Waals surface area (Å²) < 4.78 is 35.1. The molecule has 1 N–H and O–H groups in total. The van der Waals surface area contributed by atoms with E-state index >= 15 is 4.39 Å². The summed E-state index contributed by atoms with van der Waals surface area (Å²) in [6.07, 6.45) is 7.49. The minimum atomic E-state index is -1.00. The zero-order valence-electron chi connectivity index (χ0n) is 22.1. The summed E-state index contributed by atoms with van der Waals surface area (Å²) in [6, 6.07) is 3.28. The summed E-state index contributed by atoms with van der Waals surface area (Å²) in [5, 5.41) is 7.57. The molecule has 1 aromatic rings. The third-order valence-corrected chi connectivity index (χ3v) is 8.04. The van der Waals surface area contributed by atoms with Gasteiger partial charge in [-0.1, -0.05) is 13.8 Å². The Morgan fingerprint density at radius 2 is 1.75 bits per heavy atom. The molecule has 7 heteroatoms. The smallest absolute Gasteiger partial charge is 0.257 e. The SMILES string of the molecule is C=O.CC1CC2CC(C)CC(COc3cc(F)c(C(=O)N4CCC(F)C4)c(C4CC4)c3)(C1)C2.CCO. The first-order valence-corrected chi connectivity index (χ1v) is 13.5. The number of fused-ring (bicyclic) bond motifs is 2. The molecule has 1 amide bonds. The van der Waals surface area contributed by atoms with Crippen LogP contribution in [-0.2, 0) is 4.79 Å². The van der Waals surface area contributed by atoms with Gasteiger partial charge in [0, 0.05) is 24.6 Å². The highest BCUT2D eigenvalue weighted by Crippen LogP contribution is 2.53. The Labute approximate surface area is 214 Å². The lowest BCUT2D eigenvalue weighted by Gasteiger charge is -2.49. The number of alkyl halides is 1. The molecule has 202 valence electrons. The molecule has 1 aliphatic heterocycles. The van der Waals surface area contributed by atoms with Crippen LogP contribution in [0.4, 0.5) is 8.78 Å². The van der Waals surface area contributed by atoms with Crippen LogP contribution in [-0.4, -0.2) is 55.2 Å². The molecule has 1 heterocycles. The number of aliphatic hydroxyl groups is 1. The number of aliphatic hydroxyl groups excluding tert-OH is 1. The van der Waals surface area contributed by atoms with Gasteiger partial charge in [-0.15, -0.1) is 0 Å². The molecule has 3 unspecified atom stereocenters. The number of nitrogens with zero attached hydrogens (tertiary/aromatic N) is 1. The Kier molecular flexibility index (Phi) is 9.90. The molecule has 3 saturated carbocycles. The van der Waals surface area contributed by atoms with Crippen LogP contribution in [0.25, 0.3) is 0 Å². The molecule has 3 atom stereocenters. The highest BCUT2D eigenvalue weighted by molar-refractivity contribution is 5.96. The number of likely N-dealkylation sites (tertiary alicyclic amines) is 1. The van der Waals surface area contributed by atoms with Crippen LogP contribution in [0.15, 0.2) is 12.1 Å². The fraction of sp³-hybridized carbons (Fsp3) is 0.724. The number of ether oxygens (including phenoxy) is 1. The molecule has 1 saturated heterocycles. The predicted octanol–water partition coefficient (Wildman–Crippen LogP) is 5.93. The first kappa shape index (κ1) is 28.5. The number of hydrogen-bond donors (Lipinski definition) is 1. The average Bonchev–Trinajstić information content (AvgIpc) is 3.58. The van der Waals surface area contributed by atoms with Crippen molar-refractivity contribution in [1.29, 1.82) is 0 Å².